The Bertz CT molecular complexity index is 939. The second-order valence-corrected chi connectivity index (χ2v) is 6.21. The van der Waals surface area contributed by atoms with Crippen LogP contribution in [0, 0.1) is 0 Å². The fourth-order valence-electron chi connectivity index (χ4n) is 3.76. The van der Waals surface area contributed by atoms with Gasteiger partial charge in [-0.05, 0) is 68.8 Å². The highest BCUT2D eigenvalue weighted by Gasteiger charge is 2.17. The van der Waals surface area contributed by atoms with Gasteiger partial charge in [-0.3, -0.25) is 0 Å². The second kappa shape index (κ2) is 4.45. The highest BCUT2D eigenvalue weighted by atomic mass is 14.2. The topological polar surface area (TPSA) is 0 Å². The van der Waals surface area contributed by atoms with Gasteiger partial charge in [0.15, 0.2) is 0 Å². The molecule has 0 unspecified atom stereocenters. The Morgan fingerprint density at radius 2 is 0.818 bits per heavy atom. The van der Waals surface area contributed by atoms with E-state index < -0.39 is 0 Å². The Kier molecular flexibility index (Phi) is 2.42. The van der Waals surface area contributed by atoms with Gasteiger partial charge in [0.05, 0.1) is 0 Å². The molecule has 0 amide bonds. The van der Waals surface area contributed by atoms with Gasteiger partial charge < -0.3 is 0 Å². The van der Waals surface area contributed by atoms with Crippen LogP contribution in [0.5, 0.6) is 0 Å². The Morgan fingerprint density at radius 1 is 0.455 bits per heavy atom. The van der Waals surface area contributed by atoms with Crippen molar-refractivity contribution in [2.75, 3.05) is 0 Å². The minimum Gasteiger partial charge on any atom is -0.0616 e. The summed E-state index contributed by atoms with van der Waals surface area (Å²) in [5, 5.41) is 5.38. The van der Waals surface area contributed by atoms with Crippen LogP contribution in [-0.4, -0.2) is 0 Å². The molecule has 0 aromatic heterocycles. The molecule has 0 heteroatoms. The van der Waals surface area contributed by atoms with E-state index in [1.807, 2.05) is 0 Å². The smallest absolute Gasteiger partial charge is 0.0142 e. The maximum Gasteiger partial charge on any atom is -0.0142 e. The van der Waals surface area contributed by atoms with E-state index in [2.05, 4.69) is 72.8 Å². The van der Waals surface area contributed by atoms with E-state index in [9.17, 15) is 0 Å². The van der Waals surface area contributed by atoms with E-state index in [0.29, 0.717) is 0 Å². The minimum absolute atomic E-state index is 1.14. The zero-order valence-corrected chi connectivity index (χ0v) is 12.3. The quantitative estimate of drug-likeness (QED) is 0.384. The molecule has 0 fully saturated rings. The molecule has 1 aliphatic carbocycles. The average molecular weight is 280 g/mol. The van der Waals surface area contributed by atoms with Crippen LogP contribution in [-0.2, 0) is 12.8 Å². The molecular formula is C22H16. The van der Waals surface area contributed by atoms with E-state index in [0.717, 1.165) is 12.8 Å². The van der Waals surface area contributed by atoms with Crippen molar-refractivity contribution in [3.8, 4) is 11.1 Å². The van der Waals surface area contributed by atoms with Crippen molar-refractivity contribution in [1.82, 2.24) is 0 Å². The van der Waals surface area contributed by atoms with Gasteiger partial charge in [-0.1, -0.05) is 60.7 Å². The number of fused-ring (bicyclic) bond motifs is 5. The van der Waals surface area contributed by atoms with Crippen LogP contribution in [0.3, 0.4) is 0 Å². The van der Waals surface area contributed by atoms with Gasteiger partial charge in [0.2, 0.25) is 0 Å². The molecule has 0 N–H and O–H groups in total. The van der Waals surface area contributed by atoms with Crippen molar-refractivity contribution in [1.29, 1.82) is 0 Å². The maximum atomic E-state index is 2.38. The summed E-state index contributed by atoms with van der Waals surface area (Å²) in [6.45, 7) is 0. The summed E-state index contributed by atoms with van der Waals surface area (Å²) in [5.74, 6) is 0. The fourth-order valence-corrected chi connectivity index (χ4v) is 3.76. The molecule has 0 nitrogen and oxygen atoms in total. The Morgan fingerprint density at radius 3 is 1.23 bits per heavy atom. The van der Waals surface area contributed by atoms with Gasteiger partial charge in [-0.25, -0.2) is 0 Å². The molecule has 104 valence electrons. The molecule has 4 aromatic carbocycles. The van der Waals surface area contributed by atoms with Crippen LogP contribution < -0.4 is 0 Å². The first-order valence-corrected chi connectivity index (χ1v) is 7.92. The number of benzene rings is 4. The molecule has 0 radical (unpaired) electrons. The second-order valence-electron chi connectivity index (χ2n) is 6.21. The molecule has 4 aromatic rings. The van der Waals surface area contributed by atoms with Crippen LogP contribution in [0.4, 0.5) is 0 Å². The van der Waals surface area contributed by atoms with E-state index in [4.69, 9.17) is 0 Å². The number of rotatable bonds is 0. The number of hydrogen-bond acceptors (Lipinski definition) is 0. The Balaban J connectivity index is 1.84. The standard InChI is InChI=1S/C22H16/c1-3-7-17-13-21-19(11-15(17)5-1)9-10-20-12-16-6-2-4-8-18(16)14-22(20)21/h1-8,11-14H,9-10H2. The molecule has 0 saturated heterocycles. The Hall–Kier alpha value is -2.60. The lowest BCUT2D eigenvalue weighted by atomic mass is 9.83. The molecule has 0 spiro atoms. The lowest BCUT2D eigenvalue weighted by molar-refractivity contribution is 0.946. The largest absolute Gasteiger partial charge is 0.0616 e. The minimum atomic E-state index is 1.14. The summed E-state index contributed by atoms with van der Waals surface area (Å²) < 4.78 is 0. The molecule has 5 rings (SSSR count). The SMILES string of the molecule is c1ccc2cc3c(cc2c1)CCc1cc2ccccc2cc1-3. The third-order valence-electron chi connectivity index (χ3n) is 4.90. The molecule has 1 aliphatic rings. The predicted octanol–water partition coefficient (Wildman–Crippen LogP) is 5.76. The molecule has 0 aliphatic heterocycles. The summed E-state index contributed by atoms with van der Waals surface area (Å²) in [5.41, 5.74) is 5.82. The highest BCUT2D eigenvalue weighted by molar-refractivity contribution is 5.94. The third-order valence-corrected chi connectivity index (χ3v) is 4.90. The molecule has 0 atom stereocenters. The summed E-state index contributed by atoms with van der Waals surface area (Å²) in [6, 6.07) is 26.9. The van der Waals surface area contributed by atoms with E-state index in [1.54, 1.807) is 0 Å². The van der Waals surface area contributed by atoms with E-state index >= 15 is 0 Å². The van der Waals surface area contributed by atoms with Gasteiger partial charge in [0, 0.05) is 0 Å². The first-order chi connectivity index (χ1) is 10.9. The van der Waals surface area contributed by atoms with Crippen molar-refractivity contribution in [3.05, 3.63) is 83.9 Å². The van der Waals surface area contributed by atoms with Gasteiger partial charge in [0.25, 0.3) is 0 Å². The van der Waals surface area contributed by atoms with E-state index in [1.165, 1.54) is 43.8 Å². The maximum absolute atomic E-state index is 2.38. The zero-order chi connectivity index (χ0) is 14.5. The summed E-state index contributed by atoms with van der Waals surface area (Å²) in [6.07, 6.45) is 2.29. The van der Waals surface area contributed by atoms with Crippen molar-refractivity contribution < 1.29 is 0 Å². The van der Waals surface area contributed by atoms with Crippen molar-refractivity contribution in [2.45, 2.75) is 12.8 Å². The van der Waals surface area contributed by atoms with E-state index in [-0.39, 0.29) is 0 Å². The first kappa shape index (κ1) is 12.0. The monoisotopic (exact) mass is 280 g/mol. The van der Waals surface area contributed by atoms with Crippen molar-refractivity contribution in [2.24, 2.45) is 0 Å². The lowest BCUT2D eigenvalue weighted by Crippen LogP contribution is -2.04. The molecule has 0 saturated carbocycles. The van der Waals surface area contributed by atoms with Crippen molar-refractivity contribution >= 4 is 21.5 Å². The first-order valence-electron chi connectivity index (χ1n) is 7.92. The fraction of sp³-hybridized carbons (Fsp3) is 0.0909. The molecule has 0 bridgehead atoms. The van der Waals surface area contributed by atoms with Crippen LogP contribution in [0.25, 0.3) is 32.7 Å². The highest BCUT2D eigenvalue weighted by Crippen LogP contribution is 2.38. The Labute approximate surface area is 130 Å². The molecular weight excluding hydrogens is 264 g/mol. The average Bonchev–Trinajstić information content (AvgIpc) is 2.58. The van der Waals surface area contributed by atoms with Crippen LogP contribution >= 0.6 is 0 Å². The normalized spacial score (nSPS) is 13.1. The van der Waals surface area contributed by atoms with Gasteiger partial charge >= 0.3 is 0 Å². The predicted molar refractivity (Wildman–Crippen MR) is 94.3 cm³/mol. The number of aryl methyl sites for hydroxylation is 2. The molecule has 0 heterocycles. The van der Waals surface area contributed by atoms with Gasteiger partial charge in [-0.2, -0.15) is 0 Å². The van der Waals surface area contributed by atoms with Crippen LogP contribution in [0.15, 0.2) is 72.8 Å². The van der Waals surface area contributed by atoms with Crippen LogP contribution in [0.2, 0.25) is 0 Å². The number of hydrogen-bond donors (Lipinski definition) is 0. The van der Waals surface area contributed by atoms with Gasteiger partial charge in [0.1, 0.15) is 0 Å². The summed E-state index contributed by atoms with van der Waals surface area (Å²) >= 11 is 0. The zero-order valence-electron chi connectivity index (χ0n) is 12.3. The summed E-state index contributed by atoms with van der Waals surface area (Å²) in [4.78, 5) is 0. The lowest BCUT2D eigenvalue weighted by Gasteiger charge is -2.21. The summed E-state index contributed by atoms with van der Waals surface area (Å²) in [7, 11) is 0. The molecule has 22 heavy (non-hydrogen) atoms. The third kappa shape index (κ3) is 1.70. The van der Waals surface area contributed by atoms with Crippen LogP contribution in [0.1, 0.15) is 11.1 Å². The van der Waals surface area contributed by atoms with Gasteiger partial charge in [-0.15, -0.1) is 0 Å². The van der Waals surface area contributed by atoms with Crippen molar-refractivity contribution in [3.63, 3.8) is 0 Å².